The Kier molecular flexibility index (Phi) is 4.92. The molecular weight excluding hydrogens is 378 g/mol. The maximum atomic E-state index is 13.6. The second-order valence-corrected chi connectivity index (χ2v) is 6.85. The third-order valence-electron chi connectivity index (χ3n) is 4.96. The molecule has 0 fully saturated rings. The summed E-state index contributed by atoms with van der Waals surface area (Å²) in [6, 6.07) is 12.9. The van der Waals surface area contributed by atoms with Crippen molar-refractivity contribution in [3.05, 3.63) is 71.6 Å². The minimum Gasteiger partial charge on any atom is -0.497 e. The molecule has 4 rings (SSSR count). The molecule has 150 valence electrons. The van der Waals surface area contributed by atoms with E-state index in [-0.39, 0.29) is 5.91 Å². The molecule has 0 aliphatic carbocycles. The van der Waals surface area contributed by atoms with Crippen LogP contribution in [0.25, 0.3) is 0 Å². The number of ether oxygens (including phenoxy) is 1. The number of benzene rings is 2. The topological polar surface area (TPSA) is 50.6 Å². The summed E-state index contributed by atoms with van der Waals surface area (Å²) in [5, 5.41) is 4.53. The predicted molar refractivity (Wildman–Crippen MR) is 105 cm³/mol. The van der Waals surface area contributed by atoms with E-state index in [1.165, 1.54) is 11.0 Å². The molecule has 2 aromatic carbocycles. The number of nitrogens with zero attached hydrogens (tertiary/aromatic N) is 4. The Morgan fingerprint density at radius 3 is 2.52 bits per heavy atom. The van der Waals surface area contributed by atoms with Gasteiger partial charge in [-0.05, 0) is 42.5 Å². The third kappa shape index (κ3) is 3.65. The molecule has 0 spiro atoms. The van der Waals surface area contributed by atoms with Gasteiger partial charge in [-0.3, -0.25) is 9.48 Å². The Bertz CT molecular complexity index is 1050. The molecule has 1 aliphatic heterocycles. The highest BCUT2D eigenvalue weighted by atomic mass is 19.2. The highest BCUT2D eigenvalue weighted by Gasteiger charge is 2.28. The average molecular weight is 398 g/mol. The van der Waals surface area contributed by atoms with Crippen molar-refractivity contribution in [1.82, 2.24) is 9.78 Å². The van der Waals surface area contributed by atoms with Gasteiger partial charge in [-0.15, -0.1) is 0 Å². The van der Waals surface area contributed by atoms with Crippen molar-refractivity contribution in [2.45, 2.75) is 13.1 Å². The lowest BCUT2D eigenvalue weighted by atomic mass is 10.2. The zero-order chi connectivity index (χ0) is 20.5. The van der Waals surface area contributed by atoms with Crippen LogP contribution < -0.4 is 14.5 Å². The lowest BCUT2D eigenvalue weighted by molar-refractivity contribution is 0.0962. The standard InChI is InChI=1S/C21H20F2N4O2/c1-25(15-3-6-17(29-2)7-4-15)13-14-11-20-21(28)26(9-10-27(20)24-14)16-5-8-18(22)19(23)12-16/h3-8,11-12H,9-10,13H2,1-2H3. The van der Waals surface area contributed by atoms with Crippen molar-refractivity contribution in [2.75, 3.05) is 30.5 Å². The molecule has 1 aromatic heterocycles. The number of carbonyl (C=O) groups is 1. The summed E-state index contributed by atoms with van der Waals surface area (Å²) in [6.45, 7) is 1.34. The fraction of sp³-hybridized carbons (Fsp3) is 0.238. The van der Waals surface area contributed by atoms with Crippen molar-refractivity contribution in [3.8, 4) is 5.75 Å². The molecule has 0 radical (unpaired) electrons. The Labute approximate surface area is 166 Å². The van der Waals surface area contributed by atoms with Crippen molar-refractivity contribution < 1.29 is 18.3 Å². The number of methoxy groups -OCH3 is 1. The van der Waals surface area contributed by atoms with Gasteiger partial charge in [0.25, 0.3) is 5.91 Å². The molecule has 29 heavy (non-hydrogen) atoms. The van der Waals surface area contributed by atoms with E-state index < -0.39 is 11.6 Å². The monoisotopic (exact) mass is 398 g/mol. The van der Waals surface area contributed by atoms with E-state index in [2.05, 4.69) is 5.10 Å². The molecular formula is C21H20F2N4O2. The molecule has 0 unspecified atom stereocenters. The summed E-state index contributed by atoms with van der Waals surface area (Å²) in [7, 11) is 3.56. The van der Waals surface area contributed by atoms with Crippen LogP contribution in [0.15, 0.2) is 48.5 Å². The number of amides is 1. The lowest BCUT2D eigenvalue weighted by Gasteiger charge is -2.27. The van der Waals surface area contributed by atoms with Crippen LogP contribution in [0, 0.1) is 11.6 Å². The minimum absolute atomic E-state index is 0.284. The van der Waals surface area contributed by atoms with E-state index in [0.717, 1.165) is 29.3 Å². The average Bonchev–Trinajstić information content (AvgIpc) is 3.14. The predicted octanol–water partition coefficient (Wildman–Crippen LogP) is 3.47. The number of halogens is 2. The van der Waals surface area contributed by atoms with Gasteiger partial charge < -0.3 is 14.5 Å². The van der Waals surface area contributed by atoms with Gasteiger partial charge in [0.1, 0.15) is 11.4 Å². The largest absolute Gasteiger partial charge is 0.497 e. The number of anilines is 2. The van der Waals surface area contributed by atoms with E-state index in [4.69, 9.17) is 4.74 Å². The minimum atomic E-state index is -0.976. The molecule has 6 nitrogen and oxygen atoms in total. The first-order chi connectivity index (χ1) is 14.0. The van der Waals surface area contributed by atoms with Crippen molar-refractivity contribution in [1.29, 1.82) is 0 Å². The maximum absolute atomic E-state index is 13.6. The van der Waals surface area contributed by atoms with Crippen molar-refractivity contribution in [3.63, 3.8) is 0 Å². The smallest absolute Gasteiger partial charge is 0.276 e. The second kappa shape index (κ2) is 7.54. The molecule has 8 heteroatoms. The van der Waals surface area contributed by atoms with E-state index in [1.807, 2.05) is 36.2 Å². The van der Waals surface area contributed by atoms with Gasteiger partial charge in [0, 0.05) is 31.0 Å². The van der Waals surface area contributed by atoms with Gasteiger partial charge in [0.15, 0.2) is 11.6 Å². The first-order valence-corrected chi connectivity index (χ1v) is 9.15. The van der Waals surface area contributed by atoms with Gasteiger partial charge >= 0.3 is 0 Å². The fourth-order valence-corrected chi connectivity index (χ4v) is 3.39. The van der Waals surface area contributed by atoms with Crippen LogP contribution in [-0.4, -0.2) is 36.4 Å². The highest BCUT2D eigenvalue weighted by molar-refractivity contribution is 6.05. The number of hydrogen-bond acceptors (Lipinski definition) is 4. The normalized spacial score (nSPS) is 13.4. The van der Waals surface area contributed by atoms with Crippen LogP contribution in [0.2, 0.25) is 0 Å². The number of aromatic nitrogens is 2. The summed E-state index contributed by atoms with van der Waals surface area (Å²) >= 11 is 0. The van der Waals surface area contributed by atoms with Crippen molar-refractivity contribution >= 4 is 17.3 Å². The molecule has 0 atom stereocenters. The van der Waals surface area contributed by atoms with Crippen LogP contribution in [0.1, 0.15) is 16.2 Å². The summed E-state index contributed by atoms with van der Waals surface area (Å²) in [4.78, 5) is 16.3. The van der Waals surface area contributed by atoms with Gasteiger partial charge in [0.05, 0.1) is 25.9 Å². The first kappa shape index (κ1) is 18.9. The maximum Gasteiger partial charge on any atom is 0.276 e. The van der Waals surface area contributed by atoms with Gasteiger partial charge in [0.2, 0.25) is 0 Å². The Morgan fingerprint density at radius 2 is 1.83 bits per heavy atom. The molecule has 2 heterocycles. The molecule has 1 aliphatic rings. The summed E-state index contributed by atoms with van der Waals surface area (Å²) in [6.07, 6.45) is 0. The number of hydrogen-bond donors (Lipinski definition) is 0. The van der Waals surface area contributed by atoms with E-state index in [0.29, 0.717) is 31.0 Å². The van der Waals surface area contributed by atoms with Crippen molar-refractivity contribution in [2.24, 2.45) is 0 Å². The van der Waals surface area contributed by atoms with Gasteiger partial charge in [-0.25, -0.2) is 8.78 Å². The molecule has 0 saturated carbocycles. The fourth-order valence-electron chi connectivity index (χ4n) is 3.39. The van der Waals surface area contributed by atoms with Gasteiger partial charge in [-0.1, -0.05) is 0 Å². The summed E-state index contributed by atoms with van der Waals surface area (Å²) in [5.41, 5.74) is 2.50. The summed E-state index contributed by atoms with van der Waals surface area (Å²) < 4.78 is 33.6. The molecule has 3 aromatic rings. The first-order valence-electron chi connectivity index (χ1n) is 9.15. The number of carbonyl (C=O) groups excluding carboxylic acids is 1. The van der Waals surface area contributed by atoms with Crippen LogP contribution in [-0.2, 0) is 13.1 Å². The van der Waals surface area contributed by atoms with Crippen LogP contribution >= 0.6 is 0 Å². The van der Waals surface area contributed by atoms with Crippen LogP contribution in [0.5, 0.6) is 5.75 Å². The Balaban J connectivity index is 1.52. The third-order valence-corrected chi connectivity index (χ3v) is 4.96. The number of fused-ring (bicyclic) bond motifs is 1. The zero-order valence-corrected chi connectivity index (χ0v) is 16.1. The number of rotatable bonds is 5. The molecule has 0 bridgehead atoms. The SMILES string of the molecule is COc1ccc(N(C)Cc2cc3n(n2)CCN(c2ccc(F)c(F)c2)C3=O)cc1. The van der Waals surface area contributed by atoms with E-state index in [1.54, 1.807) is 17.9 Å². The quantitative estimate of drug-likeness (QED) is 0.661. The molecule has 1 amide bonds. The zero-order valence-electron chi connectivity index (χ0n) is 16.1. The van der Waals surface area contributed by atoms with Crippen LogP contribution in [0.3, 0.4) is 0 Å². The highest BCUT2D eigenvalue weighted by Crippen LogP contribution is 2.24. The Morgan fingerprint density at radius 1 is 1.07 bits per heavy atom. The van der Waals surface area contributed by atoms with Crippen LogP contribution in [0.4, 0.5) is 20.2 Å². The van der Waals surface area contributed by atoms with E-state index in [9.17, 15) is 13.6 Å². The molecule has 0 saturated heterocycles. The molecule has 0 N–H and O–H groups in total. The Hall–Kier alpha value is -3.42. The van der Waals surface area contributed by atoms with Gasteiger partial charge in [-0.2, -0.15) is 5.10 Å². The van der Waals surface area contributed by atoms with E-state index >= 15 is 0 Å². The second-order valence-electron chi connectivity index (χ2n) is 6.85. The lowest BCUT2D eigenvalue weighted by Crippen LogP contribution is -2.40. The summed E-state index contributed by atoms with van der Waals surface area (Å²) in [5.74, 6) is -1.42.